The molecule has 1 aliphatic rings. The number of imide groups is 1. The van der Waals surface area contributed by atoms with Crippen molar-refractivity contribution in [1.82, 2.24) is 0 Å². The largest absolute Gasteiger partial charge is 0.545 e. The predicted molar refractivity (Wildman–Crippen MR) is 104 cm³/mol. The van der Waals surface area contributed by atoms with Gasteiger partial charge in [-0.05, 0) is 24.6 Å². The van der Waals surface area contributed by atoms with Crippen LogP contribution in [0.1, 0.15) is 36.5 Å². The number of thioether (sulfide) groups is 1. The third-order valence-electron chi connectivity index (χ3n) is 4.34. The molecule has 1 aliphatic heterocycles. The van der Waals surface area contributed by atoms with Gasteiger partial charge in [0.2, 0.25) is 11.8 Å². The van der Waals surface area contributed by atoms with E-state index in [2.05, 4.69) is 6.92 Å². The molecule has 2 aromatic carbocycles. The second-order valence-corrected chi connectivity index (χ2v) is 7.58. The van der Waals surface area contributed by atoms with Crippen LogP contribution < -0.4 is 14.7 Å². The van der Waals surface area contributed by atoms with Gasteiger partial charge in [0.05, 0.1) is 23.5 Å². The number of carbonyl (C=O) groups excluding carboxylic acids is 3. The van der Waals surface area contributed by atoms with E-state index in [-0.39, 0.29) is 23.8 Å². The van der Waals surface area contributed by atoms with Crippen molar-refractivity contribution in [2.24, 2.45) is 0 Å². The topological polar surface area (TPSA) is 86.7 Å². The summed E-state index contributed by atoms with van der Waals surface area (Å²) < 4.78 is 5.75. The normalized spacial score (nSPS) is 16.5. The van der Waals surface area contributed by atoms with E-state index in [1.54, 1.807) is 42.5 Å². The van der Waals surface area contributed by atoms with Crippen molar-refractivity contribution in [3.63, 3.8) is 0 Å². The molecule has 0 bridgehead atoms. The smallest absolute Gasteiger partial charge is 0.247 e. The van der Waals surface area contributed by atoms with Gasteiger partial charge in [0, 0.05) is 16.9 Å². The molecule has 0 aliphatic carbocycles. The maximum absolute atomic E-state index is 12.9. The lowest BCUT2D eigenvalue weighted by Crippen LogP contribution is -2.31. The lowest BCUT2D eigenvalue weighted by atomic mass is 10.2. The molecule has 3 rings (SSSR count). The molecule has 0 saturated carbocycles. The molecule has 6 nitrogen and oxygen atoms in total. The molecule has 0 aromatic heterocycles. The third kappa shape index (κ3) is 4.20. The van der Waals surface area contributed by atoms with E-state index in [9.17, 15) is 19.5 Å². The van der Waals surface area contributed by atoms with E-state index >= 15 is 0 Å². The van der Waals surface area contributed by atoms with Crippen LogP contribution in [0.4, 0.5) is 5.69 Å². The number of carboxylic acids is 1. The predicted octanol–water partition coefficient (Wildman–Crippen LogP) is 2.65. The number of nitrogens with zero attached hydrogens (tertiary/aromatic N) is 1. The van der Waals surface area contributed by atoms with E-state index in [0.717, 1.165) is 29.5 Å². The third-order valence-corrected chi connectivity index (χ3v) is 5.61. The first-order chi connectivity index (χ1) is 13.5. The number of amides is 2. The van der Waals surface area contributed by atoms with Crippen LogP contribution >= 0.6 is 11.8 Å². The molecule has 1 heterocycles. The number of ether oxygens (including phenoxy) is 1. The second kappa shape index (κ2) is 8.93. The highest BCUT2D eigenvalue weighted by Gasteiger charge is 2.41. The SMILES string of the molecule is CCCCOc1ccccc1N1C(=O)C[C@@H](Sc2ccccc2C(=O)[O-])C1=O. The summed E-state index contributed by atoms with van der Waals surface area (Å²) in [7, 11) is 0. The van der Waals surface area contributed by atoms with Crippen molar-refractivity contribution in [3.05, 3.63) is 54.1 Å². The number of anilines is 1. The van der Waals surface area contributed by atoms with Gasteiger partial charge in [-0.25, -0.2) is 4.90 Å². The Bertz CT molecular complexity index is 898. The Morgan fingerprint density at radius 3 is 2.64 bits per heavy atom. The van der Waals surface area contributed by atoms with Gasteiger partial charge in [-0.1, -0.05) is 43.7 Å². The van der Waals surface area contributed by atoms with Gasteiger partial charge in [-0.3, -0.25) is 9.59 Å². The summed E-state index contributed by atoms with van der Waals surface area (Å²) in [5, 5.41) is 10.6. The lowest BCUT2D eigenvalue weighted by Gasteiger charge is -2.19. The Morgan fingerprint density at radius 1 is 1.18 bits per heavy atom. The van der Waals surface area contributed by atoms with E-state index in [1.165, 1.54) is 6.07 Å². The molecule has 7 heteroatoms. The van der Waals surface area contributed by atoms with Crippen LogP contribution in [0, 0.1) is 0 Å². The first-order valence-corrected chi connectivity index (χ1v) is 9.96. The van der Waals surface area contributed by atoms with E-state index in [1.807, 2.05) is 0 Å². The molecule has 1 fully saturated rings. The van der Waals surface area contributed by atoms with Gasteiger partial charge in [0.1, 0.15) is 5.75 Å². The van der Waals surface area contributed by atoms with E-state index in [0.29, 0.717) is 22.9 Å². The molecule has 0 radical (unpaired) electrons. The number of hydrogen-bond acceptors (Lipinski definition) is 6. The summed E-state index contributed by atoms with van der Waals surface area (Å²) in [6, 6.07) is 13.3. The highest BCUT2D eigenvalue weighted by Crippen LogP contribution is 2.38. The molecule has 1 saturated heterocycles. The Morgan fingerprint density at radius 2 is 1.89 bits per heavy atom. The average molecular weight is 398 g/mol. The Kier molecular flexibility index (Phi) is 6.36. The number of benzene rings is 2. The molecule has 28 heavy (non-hydrogen) atoms. The van der Waals surface area contributed by atoms with Gasteiger partial charge in [0.15, 0.2) is 0 Å². The Hall–Kier alpha value is -2.80. The maximum atomic E-state index is 12.9. The number of carbonyl (C=O) groups is 3. The molecule has 146 valence electrons. The van der Waals surface area contributed by atoms with Gasteiger partial charge in [-0.15, -0.1) is 11.8 Å². The highest BCUT2D eigenvalue weighted by atomic mass is 32.2. The summed E-state index contributed by atoms with van der Waals surface area (Å²) >= 11 is 1.07. The summed E-state index contributed by atoms with van der Waals surface area (Å²) in [6.45, 7) is 2.55. The van der Waals surface area contributed by atoms with E-state index in [4.69, 9.17) is 4.74 Å². The van der Waals surface area contributed by atoms with Crippen molar-refractivity contribution in [1.29, 1.82) is 0 Å². The number of hydrogen-bond donors (Lipinski definition) is 0. The standard InChI is InChI=1S/C21H21NO5S/c1-2-3-12-27-16-10-6-5-9-15(16)22-19(23)13-18(20(22)24)28-17-11-7-4-8-14(17)21(25)26/h4-11,18H,2-3,12-13H2,1H3,(H,25,26)/p-1/t18-/m1/s1. The lowest BCUT2D eigenvalue weighted by molar-refractivity contribution is -0.255. The van der Waals surface area contributed by atoms with Crippen LogP contribution in [0.2, 0.25) is 0 Å². The monoisotopic (exact) mass is 398 g/mol. The zero-order valence-corrected chi connectivity index (χ0v) is 16.2. The second-order valence-electron chi connectivity index (χ2n) is 6.33. The van der Waals surface area contributed by atoms with Crippen LogP contribution in [0.5, 0.6) is 5.75 Å². The molecular formula is C21H20NO5S-. The van der Waals surface area contributed by atoms with Crippen molar-refractivity contribution in [2.45, 2.75) is 36.3 Å². The van der Waals surface area contributed by atoms with Crippen molar-refractivity contribution in [3.8, 4) is 5.75 Å². The van der Waals surface area contributed by atoms with Crippen LogP contribution in [0.3, 0.4) is 0 Å². The summed E-state index contributed by atoms with van der Waals surface area (Å²) in [5.41, 5.74) is 0.430. The number of rotatable bonds is 8. The van der Waals surface area contributed by atoms with E-state index < -0.39 is 11.2 Å². The first kappa shape index (κ1) is 19.9. The summed E-state index contributed by atoms with van der Waals surface area (Å²) in [4.78, 5) is 38.4. The fraction of sp³-hybridized carbons (Fsp3) is 0.286. The zero-order valence-electron chi connectivity index (χ0n) is 15.4. The zero-order chi connectivity index (χ0) is 20.1. The van der Waals surface area contributed by atoms with Crippen molar-refractivity contribution >= 4 is 35.2 Å². The number of aromatic carboxylic acids is 1. The molecule has 1 atom stereocenters. The number of unbranched alkanes of at least 4 members (excludes halogenated alkanes) is 1. The Balaban J connectivity index is 1.83. The number of para-hydroxylation sites is 2. The average Bonchev–Trinajstić information content (AvgIpc) is 2.96. The quantitative estimate of drug-likeness (QED) is 0.502. The highest BCUT2D eigenvalue weighted by molar-refractivity contribution is 8.00. The molecule has 0 unspecified atom stereocenters. The van der Waals surface area contributed by atoms with Crippen LogP contribution in [-0.4, -0.2) is 29.6 Å². The molecule has 0 spiro atoms. The van der Waals surface area contributed by atoms with Crippen LogP contribution in [-0.2, 0) is 9.59 Å². The van der Waals surface area contributed by atoms with Crippen molar-refractivity contribution < 1.29 is 24.2 Å². The fourth-order valence-corrected chi connectivity index (χ4v) is 4.11. The fourth-order valence-electron chi connectivity index (χ4n) is 2.93. The maximum Gasteiger partial charge on any atom is 0.247 e. The molecule has 0 N–H and O–H groups in total. The van der Waals surface area contributed by atoms with Crippen molar-refractivity contribution in [2.75, 3.05) is 11.5 Å². The van der Waals surface area contributed by atoms with Gasteiger partial charge >= 0.3 is 0 Å². The van der Waals surface area contributed by atoms with Crippen LogP contribution in [0.25, 0.3) is 0 Å². The van der Waals surface area contributed by atoms with Gasteiger partial charge in [-0.2, -0.15) is 0 Å². The minimum absolute atomic E-state index is 0.00578. The minimum atomic E-state index is -1.31. The molecular weight excluding hydrogens is 378 g/mol. The molecule has 2 aromatic rings. The number of carboxylic acid groups (broad SMARTS) is 1. The van der Waals surface area contributed by atoms with Gasteiger partial charge in [0.25, 0.3) is 0 Å². The molecule has 2 amide bonds. The Labute approximate surface area is 167 Å². The summed E-state index contributed by atoms with van der Waals surface area (Å²) in [6.07, 6.45) is 1.84. The first-order valence-electron chi connectivity index (χ1n) is 9.08. The van der Waals surface area contributed by atoms with Crippen LogP contribution in [0.15, 0.2) is 53.4 Å². The summed E-state index contributed by atoms with van der Waals surface area (Å²) in [5.74, 6) is -1.54. The minimum Gasteiger partial charge on any atom is -0.545 e. The van der Waals surface area contributed by atoms with Gasteiger partial charge < -0.3 is 14.6 Å².